The summed E-state index contributed by atoms with van der Waals surface area (Å²) in [5.74, 6) is 2.10. The van der Waals surface area contributed by atoms with E-state index in [1.807, 2.05) is 49.4 Å². The van der Waals surface area contributed by atoms with Crippen LogP contribution < -0.4 is 9.64 Å². The molecule has 0 amide bonds. The van der Waals surface area contributed by atoms with Crippen LogP contribution in [-0.4, -0.2) is 22.8 Å². The summed E-state index contributed by atoms with van der Waals surface area (Å²) in [4.78, 5) is 2.25. The van der Waals surface area contributed by atoms with Gasteiger partial charge in [0.2, 0.25) is 11.8 Å². The zero-order chi connectivity index (χ0) is 17.2. The summed E-state index contributed by atoms with van der Waals surface area (Å²) in [5.41, 5.74) is 3.18. The molecule has 2 aromatic carbocycles. The number of hydrogen-bond acceptors (Lipinski definition) is 5. The summed E-state index contributed by atoms with van der Waals surface area (Å²) >= 11 is 0. The molecule has 1 aliphatic rings. The molecule has 0 saturated heterocycles. The fraction of sp³-hybridized carbons (Fsp3) is 0.300. The molecular formula is C20H21N3O2. The summed E-state index contributed by atoms with van der Waals surface area (Å²) in [5, 5.41) is 8.49. The Hall–Kier alpha value is -2.82. The third kappa shape index (κ3) is 3.09. The normalized spacial score (nSPS) is 16.4. The van der Waals surface area contributed by atoms with Crippen molar-refractivity contribution in [2.75, 3.05) is 11.4 Å². The van der Waals surface area contributed by atoms with Gasteiger partial charge in [-0.25, -0.2) is 0 Å². The summed E-state index contributed by atoms with van der Waals surface area (Å²) in [7, 11) is 0. The first-order chi connectivity index (χ1) is 12.2. The van der Waals surface area contributed by atoms with Gasteiger partial charge in [-0.05, 0) is 37.1 Å². The lowest BCUT2D eigenvalue weighted by molar-refractivity contribution is 0.187. The first-order valence-corrected chi connectivity index (χ1v) is 8.63. The SMILES string of the molecule is CCC1CN(Cc2nnc(-c3ccccc3C)o2)c2ccccc2O1. The Morgan fingerprint density at radius 3 is 2.72 bits per heavy atom. The van der Waals surface area contributed by atoms with Crippen LogP contribution in [0.1, 0.15) is 24.8 Å². The predicted molar refractivity (Wildman–Crippen MR) is 96.7 cm³/mol. The largest absolute Gasteiger partial charge is 0.486 e. The van der Waals surface area contributed by atoms with E-state index in [-0.39, 0.29) is 6.10 Å². The van der Waals surface area contributed by atoms with Gasteiger partial charge in [0.1, 0.15) is 11.9 Å². The van der Waals surface area contributed by atoms with Gasteiger partial charge in [0.15, 0.2) is 0 Å². The van der Waals surface area contributed by atoms with Crippen molar-refractivity contribution in [1.82, 2.24) is 10.2 Å². The Morgan fingerprint density at radius 1 is 1.08 bits per heavy atom. The van der Waals surface area contributed by atoms with Crippen molar-refractivity contribution in [2.24, 2.45) is 0 Å². The van der Waals surface area contributed by atoms with E-state index in [1.165, 1.54) is 0 Å². The second-order valence-corrected chi connectivity index (χ2v) is 6.31. The van der Waals surface area contributed by atoms with Gasteiger partial charge in [-0.2, -0.15) is 0 Å². The van der Waals surface area contributed by atoms with Crippen molar-refractivity contribution in [3.05, 3.63) is 60.0 Å². The fourth-order valence-corrected chi connectivity index (χ4v) is 3.14. The zero-order valence-electron chi connectivity index (χ0n) is 14.5. The predicted octanol–water partition coefficient (Wildman–Crippen LogP) is 4.22. The van der Waals surface area contributed by atoms with Crippen LogP contribution in [0, 0.1) is 6.92 Å². The molecule has 0 spiro atoms. The molecule has 2 heterocycles. The number of benzene rings is 2. The fourth-order valence-electron chi connectivity index (χ4n) is 3.14. The molecule has 4 rings (SSSR count). The number of ether oxygens (including phenoxy) is 1. The van der Waals surface area contributed by atoms with Crippen molar-refractivity contribution < 1.29 is 9.15 Å². The molecule has 0 aliphatic carbocycles. The van der Waals surface area contributed by atoms with Crippen molar-refractivity contribution in [2.45, 2.75) is 32.9 Å². The third-order valence-corrected chi connectivity index (χ3v) is 4.55. The molecule has 0 N–H and O–H groups in total. The molecule has 1 atom stereocenters. The highest BCUT2D eigenvalue weighted by Gasteiger charge is 2.25. The summed E-state index contributed by atoms with van der Waals surface area (Å²) in [6, 6.07) is 16.1. The van der Waals surface area contributed by atoms with Gasteiger partial charge < -0.3 is 14.1 Å². The van der Waals surface area contributed by atoms with Gasteiger partial charge in [-0.15, -0.1) is 10.2 Å². The molecule has 1 aliphatic heterocycles. The molecule has 1 unspecified atom stereocenters. The standard InChI is InChI=1S/C20H21N3O2/c1-3-15-12-23(17-10-6-7-11-18(17)24-15)13-19-21-22-20(25-19)16-9-5-4-8-14(16)2/h4-11,15H,3,12-13H2,1-2H3. The maximum absolute atomic E-state index is 6.03. The van der Waals surface area contributed by atoms with E-state index in [0.29, 0.717) is 18.3 Å². The second-order valence-electron chi connectivity index (χ2n) is 6.31. The Balaban J connectivity index is 1.60. The van der Waals surface area contributed by atoms with Gasteiger partial charge in [0.25, 0.3) is 0 Å². The number of aryl methyl sites for hydroxylation is 1. The first-order valence-electron chi connectivity index (χ1n) is 8.63. The molecule has 3 aromatic rings. The van der Waals surface area contributed by atoms with Crippen LogP contribution in [0.5, 0.6) is 5.75 Å². The Kier molecular flexibility index (Phi) is 4.14. The van der Waals surface area contributed by atoms with Gasteiger partial charge in [-0.3, -0.25) is 0 Å². The molecule has 1 aromatic heterocycles. The molecule has 0 saturated carbocycles. The van der Waals surface area contributed by atoms with Crippen LogP contribution in [-0.2, 0) is 6.54 Å². The van der Waals surface area contributed by atoms with E-state index >= 15 is 0 Å². The molecule has 128 valence electrons. The highest BCUT2D eigenvalue weighted by molar-refractivity contribution is 5.60. The Labute approximate surface area is 147 Å². The average molecular weight is 335 g/mol. The lowest BCUT2D eigenvalue weighted by atomic mass is 10.1. The van der Waals surface area contributed by atoms with Crippen LogP contribution in [0.15, 0.2) is 52.9 Å². The van der Waals surface area contributed by atoms with Gasteiger partial charge >= 0.3 is 0 Å². The molecule has 0 radical (unpaired) electrons. The van der Waals surface area contributed by atoms with E-state index in [9.17, 15) is 0 Å². The van der Waals surface area contributed by atoms with Crippen molar-refractivity contribution in [3.8, 4) is 17.2 Å². The maximum atomic E-state index is 6.03. The van der Waals surface area contributed by atoms with E-state index in [0.717, 1.165) is 35.5 Å². The number of para-hydroxylation sites is 2. The minimum absolute atomic E-state index is 0.175. The molecule has 5 heteroatoms. The molecular weight excluding hydrogens is 314 g/mol. The number of hydrogen-bond donors (Lipinski definition) is 0. The van der Waals surface area contributed by atoms with Crippen LogP contribution >= 0.6 is 0 Å². The minimum Gasteiger partial charge on any atom is -0.486 e. The lowest BCUT2D eigenvalue weighted by Gasteiger charge is -2.35. The molecule has 5 nitrogen and oxygen atoms in total. The Bertz CT molecular complexity index is 875. The van der Waals surface area contributed by atoms with Crippen molar-refractivity contribution >= 4 is 5.69 Å². The lowest BCUT2D eigenvalue weighted by Crippen LogP contribution is -2.39. The Morgan fingerprint density at radius 2 is 1.88 bits per heavy atom. The highest BCUT2D eigenvalue weighted by atomic mass is 16.5. The van der Waals surface area contributed by atoms with Crippen LogP contribution in [0.25, 0.3) is 11.5 Å². The molecule has 0 fully saturated rings. The second kappa shape index (κ2) is 6.59. The molecule has 25 heavy (non-hydrogen) atoms. The number of fused-ring (bicyclic) bond motifs is 1. The van der Waals surface area contributed by atoms with Crippen molar-refractivity contribution in [1.29, 1.82) is 0 Å². The minimum atomic E-state index is 0.175. The van der Waals surface area contributed by atoms with Crippen LogP contribution in [0.4, 0.5) is 5.69 Å². The quantitative estimate of drug-likeness (QED) is 0.714. The summed E-state index contributed by atoms with van der Waals surface area (Å²) < 4.78 is 12.0. The van der Waals surface area contributed by atoms with E-state index < -0.39 is 0 Å². The first kappa shape index (κ1) is 15.7. The number of nitrogens with zero attached hydrogens (tertiary/aromatic N) is 3. The van der Waals surface area contributed by atoms with Gasteiger partial charge in [0, 0.05) is 5.56 Å². The third-order valence-electron chi connectivity index (χ3n) is 4.55. The monoisotopic (exact) mass is 335 g/mol. The van der Waals surface area contributed by atoms with Crippen LogP contribution in [0.2, 0.25) is 0 Å². The van der Waals surface area contributed by atoms with Gasteiger partial charge in [0.05, 0.1) is 18.8 Å². The van der Waals surface area contributed by atoms with E-state index in [2.05, 4.69) is 28.1 Å². The maximum Gasteiger partial charge on any atom is 0.248 e. The van der Waals surface area contributed by atoms with E-state index in [4.69, 9.17) is 9.15 Å². The van der Waals surface area contributed by atoms with Crippen LogP contribution in [0.3, 0.4) is 0 Å². The molecule has 0 bridgehead atoms. The summed E-state index contributed by atoms with van der Waals surface area (Å²) in [6.45, 7) is 5.58. The number of rotatable bonds is 4. The number of anilines is 1. The smallest absolute Gasteiger partial charge is 0.248 e. The van der Waals surface area contributed by atoms with Gasteiger partial charge in [-0.1, -0.05) is 37.3 Å². The topological polar surface area (TPSA) is 51.4 Å². The highest BCUT2D eigenvalue weighted by Crippen LogP contribution is 2.34. The average Bonchev–Trinajstić information content (AvgIpc) is 3.10. The van der Waals surface area contributed by atoms with Crippen molar-refractivity contribution in [3.63, 3.8) is 0 Å². The summed E-state index contributed by atoms with van der Waals surface area (Å²) in [6.07, 6.45) is 1.14. The number of aromatic nitrogens is 2. The van der Waals surface area contributed by atoms with E-state index in [1.54, 1.807) is 0 Å². The zero-order valence-corrected chi connectivity index (χ0v) is 14.5.